The third-order valence-corrected chi connectivity index (χ3v) is 3.10. The number of hydrogen-bond acceptors (Lipinski definition) is 3. The molecule has 0 atom stereocenters. The average Bonchev–Trinajstić information content (AvgIpc) is 2.78. The van der Waals surface area contributed by atoms with Crippen LogP contribution in [0.2, 0.25) is 0 Å². The zero-order valence-corrected chi connectivity index (χ0v) is 10.1. The molecule has 1 N–H and O–H groups in total. The minimum atomic E-state index is -0.920. The Morgan fingerprint density at radius 3 is 3.06 bits per heavy atom. The first-order valence-electron chi connectivity index (χ1n) is 5.22. The lowest BCUT2D eigenvalue weighted by molar-refractivity contribution is 0.0697. The van der Waals surface area contributed by atoms with Crippen molar-refractivity contribution in [3.8, 4) is 5.69 Å². The number of carboxylic acids is 1. The van der Waals surface area contributed by atoms with Crippen molar-refractivity contribution in [3.63, 3.8) is 0 Å². The minimum Gasteiger partial charge on any atom is -0.478 e. The first kappa shape index (κ1) is 11.7. The van der Waals surface area contributed by atoms with Gasteiger partial charge in [-0.3, -0.25) is 4.57 Å². The van der Waals surface area contributed by atoms with Crippen LogP contribution in [0.25, 0.3) is 5.69 Å². The van der Waals surface area contributed by atoms with E-state index >= 15 is 0 Å². The lowest BCUT2D eigenvalue weighted by Crippen LogP contribution is -2.00. The molecule has 2 aromatic rings. The van der Waals surface area contributed by atoms with Crippen LogP contribution in [0.5, 0.6) is 0 Å². The highest BCUT2D eigenvalue weighted by atomic mass is 32.2. The van der Waals surface area contributed by atoms with Crippen LogP contribution in [0.1, 0.15) is 17.3 Å². The Kier molecular flexibility index (Phi) is 3.49. The first-order valence-corrected chi connectivity index (χ1v) is 6.21. The van der Waals surface area contributed by atoms with Gasteiger partial charge < -0.3 is 5.11 Å². The van der Waals surface area contributed by atoms with Gasteiger partial charge in [-0.2, -0.15) is 0 Å². The van der Waals surface area contributed by atoms with Crippen molar-refractivity contribution in [2.24, 2.45) is 0 Å². The average molecular weight is 248 g/mol. The molecule has 88 valence electrons. The molecule has 0 unspecified atom stereocenters. The van der Waals surface area contributed by atoms with E-state index in [1.165, 1.54) is 0 Å². The molecule has 0 aliphatic rings. The van der Waals surface area contributed by atoms with Crippen LogP contribution in [0, 0.1) is 0 Å². The van der Waals surface area contributed by atoms with E-state index in [4.69, 9.17) is 5.11 Å². The van der Waals surface area contributed by atoms with Gasteiger partial charge in [0.2, 0.25) is 0 Å². The molecule has 0 radical (unpaired) electrons. The third kappa shape index (κ3) is 2.50. The second kappa shape index (κ2) is 5.05. The van der Waals surface area contributed by atoms with Gasteiger partial charge in [-0.15, -0.1) is 0 Å². The lowest BCUT2D eigenvalue weighted by atomic mass is 10.2. The summed E-state index contributed by atoms with van der Waals surface area (Å²) in [6.07, 6.45) is 3.55. The number of rotatable bonds is 4. The number of carbonyl (C=O) groups is 1. The van der Waals surface area contributed by atoms with Crippen LogP contribution < -0.4 is 0 Å². The van der Waals surface area contributed by atoms with Gasteiger partial charge in [0.05, 0.1) is 5.56 Å². The summed E-state index contributed by atoms with van der Waals surface area (Å²) >= 11 is 1.62. The summed E-state index contributed by atoms with van der Waals surface area (Å²) in [7, 11) is 0. The van der Waals surface area contributed by atoms with Gasteiger partial charge in [0, 0.05) is 18.1 Å². The van der Waals surface area contributed by atoms with E-state index in [1.807, 2.05) is 16.8 Å². The standard InChI is InChI=1S/C12H12N2O2S/c1-2-17-12-13-6-7-14(12)10-5-3-4-9(8-10)11(15)16/h3-8H,2H2,1H3,(H,15,16). The van der Waals surface area contributed by atoms with Gasteiger partial charge in [-0.25, -0.2) is 9.78 Å². The Hall–Kier alpha value is -1.75. The molecular weight excluding hydrogens is 236 g/mol. The topological polar surface area (TPSA) is 55.1 Å². The summed E-state index contributed by atoms with van der Waals surface area (Å²) in [4.78, 5) is 15.1. The fraction of sp³-hybridized carbons (Fsp3) is 0.167. The van der Waals surface area contributed by atoms with Crippen LogP contribution in [0.15, 0.2) is 41.8 Å². The van der Waals surface area contributed by atoms with Crippen LogP contribution in [0.4, 0.5) is 0 Å². The highest BCUT2D eigenvalue weighted by Gasteiger charge is 2.07. The Morgan fingerprint density at radius 1 is 1.53 bits per heavy atom. The van der Waals surface area contributed by atoms with Crippen LogP contribution in [-0.4, -0.2) is 26.4 Å². The van der Waals surface area contributed by atoms with Crippen molar-refractivity contribution in [1.29, 1.82) is 0 Å². The Balaban J connectivity index is 2.42. The Morgan fingerprint density at radius 2 is 2.35 bits per heavy atom. The van der Waals surface area contributed by atoms with Crippen molar-refractivity contribution in [1.82, 2.24) is 9.55 Å². The van der Waals surface area contributed by atoms with Crippen LogP contribution in [-0.2, 0) is 0 Å². The van der Waals surface area contributed by atoms with Crippen molar-refractivity contribution in [2.75, 3.05) is 5.75 Å². The molecule has 5 heteroatoms. The summed E-state index contributed by atoms with van der Waals surface area (Å²) in [5.74, 6) is 0.00647. The van der Waals surface area contributed by atoms with Gasteiger partial charge in [-0.05, 0) is 24.0 Å². The molecule has 1 heterocycles. The molecule has 0 saturated carbocycles. The van der Waals surface area contributed by atoms with E-state index in [0.29, 0.717) is 0 Å². The summed E-state index contributed by atoms with van der Waals surface area (Å²) in [5.41, 5.74) is 1.10. The number of benzene rings is 1. The third-order valence-electron chi connectivity index (χ3n) is 2.25. The normalized spacial score (nSPS) is 10.4. The van der Waals surface area contributed by atoms with Gasteiger partial charge in [0.25, 0.3) is 0 Å². The maximum atomic E-state index is 10.9. The van der Waals surface area contributed by atoms with Gasteiger partial charge in [0.1, 0.15) is 0 Å². The Bertz CT molecular complexity index is 537. The fourth-order valence-electron chi connectivity index (χ4n) is 1.51. The van der Waals surface area contributed by atoms with Crippen molar-refractivity contribution in [3.05, 3.63) is 42.2 Å². The Labute approximate surface area is 103 Å². The number of imidazole rings is 1. The van der Waals surface area contributed by atoms with E-state index < -0.39 is 5.97 Å². The van der Waals surface area contributed by atoms with E-state index in [2.05, 4.69) is 11.9 Å². The molecule has 0 amide bonds. The molecule has 0 fully saturated rings. The number of nitrogens with zero attached hydrogens (tertiary/aromatic N) is 2. The molecule has 0 aliphatic heterocycles. The van der Waals surface area contributed by atoms with Crippen molar-refractivity contribution in [2.45, 2.75) is 12.1 Å². The van der Waals surface area contributed by atoms with Crippen molar-refractivity contribution < 1.29 is 9.90 Å². The molecule has 0 spiro atoms. The maximum Gasteiger partial charge on any atom is 0.335 e. The van der Waals surface area contributed by atoms with Crippen LogP contribution >= 0.6 is 11.8 Å². The van der Waals surface area contributed by atoms with E-state index in [-0.39, 0.29) is 5.56 Å². The molecule has 0 saturated heterocycles. The maximum absolute atomic E-state index is 10.9. The SMILES string of the molecule is CCSc1nccn1-c1cccc(C(=O)O)c1. The smallest absolute Gasteiger partial charge is 0.335 e. The quantitative estimate of drug-likeness (QED) is 0.845. The van der Waals surface area contributed by atoms with Crippen LogP contribution in [0.3, 0.4) is 0 Å². The largest absolute Gasteiger partial charge is 0.478 e. The van der Waals surface area contributed by atoms with Gasteiger partial charge in [-0.1, -0.05) is 24.8 Å². The molecular formula is C12H12N2O2S. The molecule has 17 heavy (non-hydrogen) atoms. The second-order valence-corrected chi connectivity index (χ2v) is 4.60. The molecule has 4 nitrogen and oxygen atoms in total. The predicted octanol–water partition coefficient (Wildman–Crippen LogP) is 2.68. The fourth-order valence-corrected chi connectivity index (χ4v) is 2.21. The monoisotopic (exact) mass is 248 g/mol. The predicted molar refractivity (Wildman–Crippen MR) is 66.9 cm³/mol. The molecule has 0 aliphatic carbocycles. The van der Waals surface area contributed by atoms with Gasteiger partial charge >= 0.3 is 5.97 Å². The highest BCUT2D eigenvalue weighted by molar-refractivity contribution is 7.99. The van der Waals surface area contributed by atoms with E-state index in [0.717, 1.165) is 16.6 Å². The zero-order chi connectivity index (χ0) is 12.3. The molecule has 1 aromatic heterocycles. The number of carboxylic acid groups (broad SMARTS) is 1. The highest BCUT2D eigenvalue weighted by Crippen LogP contribution is 2.20. The summed E-state index contributed by atoms with van der Waals surface area (Å²) < 4.78 is 1.89. The van der Waals surface area contributed by atoms with E-state index in [1.54, 1.807) is 36.2 Å². The second-order valence-electron chi connectivity index (χ2n) is 3.37. The molecule has 2 rings (SSSR count). The van der Waals surface area contributed by atoms with Gasteiger partial charge in [0.15, 0.2) is 5.16 Å². The van der Waals surface area contributed by atoms with Crippen molar-refractivity contribution >= 4 is 17.7 Å². The van der Waals surface area contributed by atoms with E-state index in [9.17, 15) is 4.79 Å². The minimum absolute atomic E-state index is 0.281. The summed E-state index contributed by atoms with van der Waals surface area (Å²) in [6.45, 7) is 2.05. The molecule has 0 bridgehead atoms. The number of aromatic nitrogens is 2. The lowest BCUT2D eigenvalue weighted by Gasteiger charge is -2.07. The number of hydrogen-bond donors (Lipinski definition) is 1. The number of thioether (sulfide) groups is 1. The molecule has 1 aromatic carbocycles. The first-order chi connectivity index (χ1) is 8.22. The summed E-state index contributed by atoms with van der Waals surface area (Å²) in [6, 6.07) is 6.83. The summed E-state index contributed by atoms with van der Waals surface area (Å²) in [5, 5.41) is 9.82. The zero-order valence-electron chi connectivity index (χ0n) is 9.33. The number of aromatic carboxylic acids is 1.